The minimum Gasteiger partial charge on any atom is -0.390 e. The minimum absolute atomic E-state index is 0.824. The molecule has 0 atom stereocenters. The normalized spacial score (nSPS) is 10.5. The van der Waals surface area contributed by atoms with Crippen molar-refractivity contribution in [2.24, 2.45) is 0 Å². The second kappa shape index (κ2) is 10.9. The van der Waals surface area contributed by atoms with Crippen molar-refractivity contribution in [2.45, 2.75) is 51.4 Å². The predicted octanol–water partition coefficient (Wildman–Crippen LogP) is 3.18. The first-order valence-electron chi connectivity index (χ1n) is 4.83. The van der Waals surface area contributed by atoms with Crippen LogP contribution in [0.5, 0.6) is 0 Å². The van der Waals surface area contributed by atoms with E-state index in [1.807, 2.05) is 0 Å². The van der Waals surface area contributed by atoms with E-state index in [1.165, 1.54) is 38.9 Å². The molecule has 0 rings (SSSR count). The Morgan fingerprint density at radius 3 is 1.25 bits per heavy atom. The van der Waals surface area contributed by atoms with Gasteiger partial charge in [0.1, 0.15) is 0 Å². The average molecular weight is 172 g/mol. The van der Waals surface area contributed by atoms with Crippen LogP contribution in [0.4, 0.5) is 0 Å². The zero-order valence-corrected chi connectivity index (χ0v) is 7.71. The smallest absolute Gasteiger partial charge is 0.0799 e. The molecule has 0 aliphatic carbocycles. The Labute approximate surface area is 75.6 Å². The third kappa shape index (κ3) is 9.92. The number of unbranched alkanes of at least 4 members (excludes halogenated alkanes) is 7. The SMILES string of the molecule is O[CH]CCCCCCCC[CH]O. The number of aliphatic hydroxyl groups excluding tert-OH is 2. The summed E-state index contributed by atoms with van der Waals surface area (Å²) in [6, 6.07) is 0. The summed E-state index contributed by atoms with van der Waals surface area (Å²) in [5.74, 6) is 0. The van der Waals surface area contributed by atoms with Gasteiger partial charge >= 0.3 is 0 Å². The van der Waals surface area contributed by atoms with Crippen molar-refractivity contribution in [3.05, 3.63) is 13.2 Å². The molecule has 2 nitrogen and oxygen atoms in total. The van der Waals surface area contributed by atoms with Crippen LogP contribution in [0.2, 0.25) is 0 Å². The molecule has 2 radical (unpaired) electrons. The topological polar surface area (TPSA) is 40.5 Å². The van der Waals surface area contributed by atoms with Crippen LogP contribution in [-0.2, 0) is 0 Å². The number of rotatable bonds is 9. The van der Waals surface area contributed by atoms with Gasteiger partial charge in [0.2, 0.25) is 0 Å². The van der Waals surface area contributed by atoms with E-state index in [2.05, 4.69) is 0 Å². The molecule has 0 unspecified atom stereocenters. The van der Waals surface area contributed by atoms with Gasteiger partial charge in [-0.2, -0.15) is 0 Å². The van der Waals surface area contributed by atoms with Crippen LogP contribution in [0.3, 0.4) is 0 Å². The zero-order valence-electron chi connectivity index (χ0n) is 7.71. The van der Waals surface area contributed by atoms with E-state index in [9.17, 15) is 0 Å². The van der Waals surface area contributed by atoms with Crippen LogP contribution < -0.4 is 0 Å². The molecule has 72 valence electrons. The molecule has 12 heavy (non-hydrogen) atoms. The van der Waals surface area contributed by atoms with Crippen LogP contribution in [-0.4, -0.2) is 10.2 Å². The minimum atomic E-state index is 0.824. The maximum Gasteiger partial charge on any atom is 0.0799 e. The van der Waals surface area contributed by atoms with Crippen LogP contribution in [0.15, 0.2) is 0 Å². The highest BCUT2D eigenvalue weighted by molar-refractivity contribution is 4.51. The number of aliphatic hydroxyl groups is 2. The summed E-state index contributed by atoms with van der Waals surface area (Å²) in [4.78, 5) is 0. The molecule has 0 spiro atoms. The van der Waals surface area contributed by atoms with Gasteiger partial charge < -0.3 is 10.2 Å². The Kier molecular flexibility index (Phi) is 10.8. The van der Waals surface area contributed by atoms with Crippen LogP contribution in [0.1, 0.15) is 51.4 Å². The molecule has 0 saturated carbocycles. The summed E-state index contributed by atoms with van der Waals surface area (Å²) in [6.45, 7) is 2.47. The van der Waals surface area contributed by atoms with Crippen LogP contribution >= 0.6 is 0 Å². The molecule has 0 aromatic rings. The Morgan fingerprint density at radius 1 is 0.583 bits per heavy atom. The lowest BCUT2D eigenvalue weighted by Gasteiger charge is -1.99. The third-order valence-corrected chi connectivity index (χ3v) is 1.92. The highest BCUT2D eigenvalue weighted by Gasteiger charge is 1.90. The molecular formula is C10H20O2. The van der Waals surface area contributed by atoms with Crippen molar-refractivity contribution in [1.82, 2.24) is 0 Å². The Bertz CT molecular complexity index is 64.2. The molecule has 0 saturated heterocycles. The average Bonchev–Trinajstić information content (AvgIpc) is 2.10. The zero-order chi connectivity index (χ0) is 9.07. The summed E-state index contributed by atoms with van der Waals surface area (Å²) < 4.78 is 0. The Morgan fingerprint density at radius 2 is 0.917 bits per heavy atom. The van der Waals surface area contributed by atoms with Gasteiger partial charge in [-0.1, -0.05) is 38.5 Å². The van der Waals surface area contributed by atoms with E-state index >= 15 is 0 Å². The van der Waals surface area contributed by atoms with Gasteiger partial charge in [0, 0.05) is 0 Å². The van der Waals surface area contributed by atoms with Gasteiger partial charge in [-0.25, -0.2) is 0 Å². The lowest BCUT2D eigenvalue weighted by Crippen LogP contribution is -1.81. The first-order chi connectivity index (χ1) is 5.91. The first kappa shape index (κ1) is 11.9. The summed E-state index contributed by atoms with van der Waals surface area (Å²) in [5, 5.41) is 16.8. The molecule has 0 aliphatic rings. The summed E-state index contributed by atoms with van der Waals surface area (Å²) >= 11 is 0. The monoisotopic (exact) mass is 172 g/mol. The van der Waals surface area contributed by atoms with E-state index in [1.54, 1.807) is 0 Å². The standard InChI is InChI=1S/C10H20O2/c11-9-7-5-3-1-2-4-6-8-10-12/h9-12H,1-8H2. The third-order valence-electron chi connectivity index (χ3n) is 1.92. The Balaban J connectivity index is 2.73. The maximum absolute atomic E-state index is 8.38. The van der Waals surface area contributed by atoms with E-state index < -0.39 is 0 Å². The van der Waals surface area contributed by atoms with E-state index in [-0.39, 0.29) is 0 Å². The molecule has 0 fully saturated rings. The second-order valence-electron chi connectivity index (χ2n) is 3.06. The highest BCUT2D eigenvalue weighted by atomic mass is 16.3. The van der Waals surface area contributed by atoms with E-state index in [0.717, 1.165) is 25.7 Å². The lowest BCUT2D eigenvalue weighted by molar-refractivity contribution is 0.362. The van der Waals surface area contributed by atoms with Gasteiger partial charge in [0.25, 0.3) is 0 Å². The van der Waals surface area contributed by atoms with Crippen LogP contribution in [0, 0.1) is 13.2 Å². The number of hydrogen-bond donors (Lipinski definition) is 2. The largest absolute Gasteiger partial charge is 0.390 e. The van der Waals surface area contributed by atoms with Crippen molar-refractivity contribution in [3.63, 3.8) is 0 Å². The quantitative estimate of drug-likeness (QED) is 0.524. The predicted molar refractivity (Wildman–Crippen MR) is 49.4 cm³/mol. The molecule has 2 N–H and O–H groups in total. The molecule has 0 aromatic heterocycles. The molecule has 0 aliphatic heterocycles. The summed E-state index contributed by atoms with van der Waals surface area (Å²) in [5.41, 5.74) is 0. The molecule has 0 heterocycles. The maximum atomic E-state index is 8.38. The van der Waals surface area contributed by atoms with Gasteiger partial charge in [0.15, 0.2) is 0 Å². The van der Waals surface area contributed by atoms with Crippen molar-refractivity contribution in [3.8, 4) is 0 Å². The fourth-order valence-corrected chi connectivity index (χ4v) is 1.18. The van der Waals surface area contributed by atoms with E-state index in [0.29, 0.717) is 0 Å². The fourth-order valence-electron chi connectivity index (χ4n) is 1.18. The molecule has 2 heteroatoms. The van der Waals surface area contributed by atoms with Crippen LogP contribution in [0.25, 0.3) is 0 Å². The first-order valence-corrected chi connectivity index (χ1v) is 4.83. The summed E-state index contributed by atoms with van der Waals surface area (Å²) in [7, 11) is 0. The highest BCUT2D eigenvalue weighted by Crippen LogP contribution is 2.08. The van der Waals surface area contributed by atoms with Gasteiger partial charge in [0.05, 0.1) is 13.2 Å². The molecular weight excluding hydrogens is 152 g/mol. The van der Waals surface area contributed by atoms with Gasteiger partial charge in [-0.15, -0.1) is 0 Å². The van der Waals surface area contributed by atoms with E-state index in [4.69, 9.17) is 10.2 Å². The second-order valence-corrected chi connectivity index (χ2v) is 3.06. The molecule has 0 bridgehead atoms. The molecule has 0 aromatic carbocycles. The molecule has 0 amide bonds. The summed E-state index contributed by atoms with van der Waals surface area (Å²) in [6.07, 6.45) is 8.76. The Hall–Kier alpha value is -0.0800. The van der Waals surface area contributed by atoms with Gasteiger partial charge in [-0.3, -0.25) is 0 Å². The van der Waals surface area contributed by atoms with Crippen molar-refractivity contribution < 1.29 is 10.2 Å². The van der Waals surface area contributed by atoms with Gasteiger partial charge in [-0.05, 0) is 12.8 Å². The van der Waals surface area contributed by atoms with Crippen molar-refractivity contribution in [1.29, 1.82) is 0 Å². The van der Waals surface area contributed by atoms with Crippen molar-refractivity contribution in [2.75, 3.05) is 0 Å². The van der Waals surface area contributed by atoms with Crippen molar-refractivity contribution >= 4 is 0 Å². The lowest BCUT2D eigenvalue weighted by atomic mass is 10.1. The number of hydrogen-bond acceptors (Lipinski definition) is 2. The fraction of sp³-hybridized carbons (Fsp3) is 0.800.